The normalized spacial score (nSPS) is 39.6. The molecule has 0 radical (unpaired) electrons. The average Bonchev–Trinajstić information content (AvgIpc) is 3.15. The lowest BCUT2D eigenvalue weighted by atomic mass is 9.47. The van der Waals surface area contributed by atoms with Crippen molar-refractivity contribution in [3.8, 4) is 0 Å². The Kier molecular flexibility index (Phi) is 5.65. The largest absolute Gasteiger partial charge is 0.356 e. The smallest absolute Gasteiger partial charge is 0.246 e. The van der Waals surface area contributed by atoms with Gasteiger partial charge in [0.05, 0.1) is 0 Å². The highest BCUT2D eigenvalue weighted by atomic mass is 19.1. The van der Waals surface area contributed by atoms with Crippen molar-refractivity contribution in [1.29, 1.82) is 0 Å². The number of carbonyl (C=O) groups is 2. The minimum atomic E-state index is -0.229. The molecule has 1 aromatic rings. The minimum absolute atomic E-state index is 0.0441. The van der Waals surface area contributed by atoms with Crippen LogP contribution in [0.25, 0.3) is 0 Å². The van der Waals surface area contributed by atoms with Crippen molar-refractivity contribution in [2.45, 2.75) is 64.8 Å². The fourth-order valence-corrected chi connectivity index (χ4v) is 8.27. The van der Waals surface area contributed by atoms with Gasteiger partial charge >= 0.3 is 0 Å². The molecule has 7 atom stereocenters. The summed E-state index contributed by atoms with van der Waals surface area (Å²) in [6.45, 7) is 5.33. The van der Waals surface area contributed by atoms with Gasteiger partial charge in [-0.15, -0.1) is 0 Å². The predicted molar refractivity (Wildman–Crippen MR) is 127 cm³/mol. The molecule has 2 amide bonds. The number of hydrogen-bond donors (Lipinski definition) is 1. The van der Waals surface area contributed by atoms with Gasteiger partial charge in [0, 0.05) is 31.0 Å². The van der Waals surface area contributed by atoms with Gasteiger partial charge < -0.3 is 10.2 Å². The lowest BCUT2D eigenvalue weighted by Crippen LogP contribution is -2.59. The molecule has 0 bridgehead atoms. The van der Waals surface area contributed by atoms with Crippen LogP contribution in [0, 0.1) is 40.3 Å². The Bertz CT molecular complexity index is 959. The second-order valence-corrected chi connectivity index (χ2v) is 11.5. The zero-order chi connectivity index (χ0) is 23.4. The molecule has 1 heterocycles. The van der Waals surface area contributed by atoms with E-state index >= 15 is 0 Å². The molecule has 5 heteroatoms. The van der Waals surface area contributed by atoms with Crippen molar-refractivity contribution in [1.82, 2.24) is 10.2 Å². The molecule has 3 fully saturated rings. The van der Waals surface area contributed by atoms with Gasteiger partial charge in [-0.05, 0) is 91.9 Å². The lowest BCUT2D eigenvalue weighted by molar-refractivity contribution is -0.142. The molecule has 5 rings (SSSR count). The van der Waals surface area contributed by atoms with Gasteiger partial charge in [0.2, 0.25) is 11.8 Å². The van der Waals surface area contributed by atoms with Crippen LogP contribution in [0.2, 0.25) is 0 Å². The highest BCUT2D eigenvalue weighted by Gasteiger charge is 2.61. The number of amides is 2. The number of hydrogen-bond acceptors (Lipinski definition) is 2. The second-order valence-electron chi connectivity index (χ2n) is 11.5. The highest BCUT2D eigenvalue weighted by molar-refractivity contribution is 5.89. The molecular formula is C28H37FN2O2. The Balaban J connectivity index is 1.26. The van der Waals surface area contributed by atoms with E-state index < -0.39 is 0 Å². The number of carbonyl (C=O) groups excluding carboxylic acids is 2. The van der Waals surface area contributed by atoms with Crippen LogP contribution >= 0.6 is 0 Å². The summed E-state index contributed by atoms with van der Waals surface area (Å²) in [4.78, 5) is 27.5. The molecule has 33 heavy (non-hydrogen) atoms. The summed E-state index contributed by atoms with van der Waals surface area (Å²) >= 11 is 0. The fraction of sp³-hybridized carbons (Fsp3) is 0.643. The number of benzene rings is 1. The van der Waals surface area contributed by atoms with Crippen LogP contribution in [0.5, 0.6) is 0 Å². The number of likely N-dealkylation sites (N-methyl/N-ethyl adjacent to an activating group) is 1. The number of halogens is 1. The van der Waals surface area contributed by atoms with E-state index in [2.05, 4.69) is 25.2 Å². The van der Waals surface area contributed by atoms with Gasteiger partial charge in [-0.2, -0.15) is 0 Å². The lowest BCUT2D eigenvalue weighted by Gasteiger charge is -2.60. The molecule has 1 N–H and O–H groups in total. The predicted octanol–water partition coefficient (Wildman–Crippen LogP) is 4.74. The van der Waals surface area contributed by atoms with Crippen LogP contribution in [0.15, 0.2) is 36.4 Å². The van der Waals surface area contributed by atoms with Crippen LogP contribution < -0.4 is 5.32 Å². The third-order valence-corrected chi connectivity index (χ3v) is 10.1. The third-order valence-electron chi connectivity index (χ3n) is 10.1. The second kappa shape index (κ2) is 8.25. The van der Waals surface area contributed by atoms with E-state index in [4.69, 9.17) is 0 Å². The summed E-state index contributed by atoms with van der Waals surface area (Å²) in [5.74, 6) is 1.98. The Labute approximate surface area is 197 Å². The third kappa shape index (κ3) is 3.63. The monoisotopic (exact) mass is 452 g/mol. The molecule has 178 valence electrons. The maximum absolute atomic E-state index is 13.3. The molecule has 4 aliphatic rings. The van der Waals surface area contributed by atoms with E-state index in [9.17, 15) is 14.0 Å². The molecule has 0 aromatic heterocycles. The van der Waals surface area contributed by atoms with Crippen LogP contribution in [-0.2, 0) is 16.0 Å². The number of nitrogens with zero attached hydrogens (tertiary/aromatic N) is 1. The quantitative estimate of drug-likeness (QED) is 0.717. The summed E-state index contributed by atoms with van der Waals surface area (Å²) in [5.41, 5.74) is 1.15. The van der Waals surface area contributed by atoms with Crippen molar-refractivity contribution in [2.75, 3.05) is 13.6 Å². The SMILES string of the molecule is CN1C(=O)C=C[C@]2(C)[C@H]3CC[C@]4(C)[C@@H](C(=O)NCCc5ccc(F)cc5)CC[C@H]4[C@@H]3CC[C@@H]12. The van der Waals surface area contributed by atoms with Crippen molar-refractivity contribution in [2.24, 2.45) is 34.5 Å². The van der Waals surface area contributed by atoms with Crippen molar-refractivity contribution < 1.29 is 14.0 Å². The molecule has 3 aliphatic carbocycles. The zero-order valence-electron chi connectivity index (χ0n) is 20.1. The van der Waals surface area contributed by atoms with E-state index in [0.29, 0.717) is 30.3 Å². The van der Waals surface area contributed by atoms with Gasteiger partial charge in [-0.25, -0.2) is 4.39 Å². The molecule has 1 aromatic carbocycles. The maximum Gasteiger partial charge on any atom is 0.246 e. The molecule has 0 saturated heterocycles. The standard InChI is InChI=1S/C28H37FN2O2/c1-27-15-12-22-20(8-11-24-28(22,2)16-13-25(32)31(24)3)21(27)9-10-23(27)26(33)30-17-14-18-4-6-19(29)7-5-18/h4-7,13,16,20-24H,8-12,14-15,17H2,1-3H3,(H,30,33)/t20-,21-,22-,23+,24+,27-,28+/m0/s1. The van der Waals surface area contributed by atoms with Crippen LogP contribution in [-0.4, -0.2) is 36.3 Å². The number of rotatable bonds is 4. The Morgan fingerprint density at radius 2 is 1.85 bits per heavy atom. The molecular weight excluding hydrogens is 415 g/mol. The van der Waals surface area contributed by atoms with E-state index in [1.54, 1.807) is 18.2 Å². The first-order valence-electron chi connectivity index (χ1n) is 12.7. The van der Waals surface area contributed by atoms with Crippen LogP contribution in [0.4, 0.5) is 4.39 Å². The zero-order valence-corrected chi connectivity index (χ0v) is 20.1. The molecule has 4 nitrogen and oxygen atoms in total. The Morgan fingerprint density at radius 1 is 1.09 bits per heavy atom. The van der Waals surface area contributed by atoms with Crippen molar-refractivity contribution in [3.05, 3.63) is 47.8 Å². The van der Waals surface area contributed by atoms with Crippen molar-refractivity contribution >= 4 is 11.8 Å². The van der Waals surface area contributed by atoms with Gasteiger partial charge in [0.15, 0.2) is 0 Å². The van der Waals surface area contributed by atoms with Crippen LogP contribution in [0.1, 0.15) is 57.9 Å². The minimum Gasteiger partial charge on any atom is -0.356 e. The first-order chi connectivity index (χ1) is 15.7. The van der Waals surface area contributed by atoms with E-state index in [-0.39, 0.29) is 34.4 Å². The fourth-order valence-electron chi connectivity index (χ4n) is 8.27. The first kappa shape index (κ1) is 22.6. The summed E-state index contributed by atoms with van der Waals surface area (Å²) in [6, 6.07) is 6.83. The van der Waals surface area contributed by atoms with E-state index in [1.165, 1.54) is 12.1 Å². The average molecular weight is 453 g/mol. The molecule has 1 aliphatic heterocycles. The topological polar surface area (TPSA) is 49.4 Å². The van der Waals surface area contributed by atoms with E-state index in [1.807, 2.05) is 11.9 Å². The highest BCUT2D eigenvalue weighted by Crippen LogP contribution is 2.65. The first-order valence-corrected chi connectivity index (χ1v) is 12.7. The van der Waals surface area contributed by atoms with Gasteiger partial charge in [0.1, 0.15) is 5.82 Å². The Morgan fingerprint density at radius 3 is 2.61 bits per heavy atom. The summed E-state index contributed by atoms with van der Waals surface area (Å²) in [6.07, 6.45) is 11.3. The van der Waals surface area contributed by atoms with E-state index in [0.717, 1.165) is 50.5 Å². The number of nitrogens with one attached hydrogen (secondary N) is 1. The number of fused-ring (bicyclic) bond motifs is 5. The molecule has 0 unspecified atom stereocenters. The summed E-state index contributed by atoms with van der Waals surface area (Å²) in [7, 11) is 1.96. The molecule has 3 saturated carbocycles. The van der Waals surface area contributed by atoms with Gasteiger partial charge in [0.25, 0.3) is 0 Å². The van der Waals surface area contributed by atoms with Crippen LogP contribution in [0.3, 0.4) is 0 Å². The van der Waals surface area contributed by atoms with Gasteiger partial charge in [-0.3, -0.25) is 9.59 Å². The van der Waals surface area contributed by atoms with Gasteiger partial charge in [-0.1, -0.05) is 32.1 Å². The molecule has 0 spiro atoms. The maximum atomic E-state index is 13.3. The van der Waals surface area contributed by atoms with Crippen molar-refractivity contribution in [3.63, 3.8) is 0 Å². The Hall–Kier alpha value is -2.17. The summed E-state index contributed by atoms with van der Waals surface area (Å²) < 4.78 is 13.1. The summed E-state index contributed by atoms with van der Waals surface area (Å²) in [5, 5.41) is 3.19.